The first kappa shape index (κ1) is 18.6. The van der Waals surface area contributed by atoms with Crippen molar-refractivity contribution in [2.75, 3.05) is 6.54 Å². The van der Waals surface area contributed by atoms with Crippen LogP contribution in [0.25, 0.3) is 10.8 Å². The molecule has 1 aliphatic heterocycles. The predicted molar refractivity (Wildman–Crippen MR) is 114 cm³/mol. The van der Waals surface area contributed by atoms with Crippen molar-refractivity contribution in [1.82, 2.24) is 10.2 Å². The average Bonchev–Trinajstić information content (AvgIpc) is 3.31. The van der Waals surface area contributed by atoms with E-state index in [0.717, 1.165) is 34.9 Å². The Kier molecular flexibility index (Phi) is 4.21. The number of rotatable bonds is 4. The van der Waals surface area contributed by atoms with Crippen molar-refractivity contribution in [2.45, 2.75) is 31.7 Å². The van der Waals surface area contributed by atoms with Crippen LogP contribution in [0.1, 0.15) is 40.4 Å². The molecule has 2 aliphatic rings. The monoisotopic (exact) mass is 398 g/mol. The Bertz CT molecular complexity index is 1220. The van der Waals surface area contributed by atoms with Crippen LogP contribution in [0.2, 0.25) is 0 Å². The number of carbonyl (C=O) groups is 3. The summed E-state index contributed by atoms with van der Waals surface area (Å²) < 4.78 is 0. The van der Waals surface area contributed by atoms with Crippen molar-refractivity contribution in [3.63, 3.8) is 0 Å². The summed E-state index contributed by atoms with van der Waals surface area (Å²) in [5.74, 6) is -0.631. The van der Waals surface area contributed by atoms with Crippen LogP contribution in [0.4, 0.5) is 4.79 Å². The molecule has 0 saturated carbocycles. The van der Waals surface area contributed by atoms with Crippen LogP contribution >= 0.6 is 0 Å². The molecule has 0 bridgehead atoms. The van der Waals surface area contributed by atoms with Crippen LogP contribution in [0.3, 0.4) is 0 Å². The number of benzene rings is 3. The lowest BCUT2D eigenvalue weighted by molar-refractivity contribution is -0.130. The quantitative estimate of drug-likeness (QED) is 0.534. The van der Waals surface area contributed by atoms with E-state index in [4.69, 9.17) is 0 Å². The summed E-state index contributed by atoms with van der Waals surface area (Å²) in [6.45, 7) is 1.43. The number of amides is 3. The zero-order chi connectivity index (χ0) is 20.9. The largest absolute Gasteiger partial charge is 0.325 e. The molecule has 0 radical (unpaired) electrons. The summed E-state index contributed by atoms with van der Waals surface area (Å²) in [6, 6.07) is 18.7. The third kappa shape index (κ3) is 2.89. The first-order valence-electron chi connectivity index (χ1n) is 10.2. The summed E-state index contributed by atoms with van der Waals surface area (Å²) in [7, 11) is 0. The lowest BCUT2D eigenvalue weighted by Crippen LogP contribution is -2.41. The van der Waals surface area contributed by atoms with Gasteiger partial charge in [-0.2, -0.15) is 0 Å². The van der Waals surface area contributed by atoms with Crippen LogP contribution in [0.15, 0.2) is 60.7 Å². The Morgan fingerprint density at radius 1 is 0.967 bits per heavy atom. The van der Waals surface area contributed by atoms with Gasteiger partial charge < -0.3 is 5.32 Å². The summed E-state index contributed by atoms with van der Waals surface area (Å²) in [5.41, 5.74) is 2.53. The number of nitrogens with zero attached hydrogens (tertiary/aromatic N) is 1. The molecule has 0 aromatic heterocycles. The van der Waals surface area contributed by atoms with Crippen molar-refractivity contribution in [3.05, 3.63) is 82.9 Å². The minimum atomic E-state index is -1.20. The SMILES string of the molecule is CC1(c2ccc3ccccc3c2)NC(=O)N(CC(=O)c2ccc3c(c2)CCC3)C1=O. The molecule has 5 rings (SSSR count). The van der Waals surface area contributed by atoms with Gasteiger partial charge >= 0.3 is 6.03 Å². The fourth-order valence-corrected chi connectivity index (χ4v) is 4.52. The van der Waals surface area contributed by atoms with E-state index in [2.05, 4.69) is 5.32 Å². The molecular formula is C25H22N2O3. The van der Waals surface area contributed by atoms with Crippen LogP contribution in [0, 0.1) is 0 Å². The van der Waals surface area contributed by atoms with E-state index >= 15 is 0 Å². The average molecular weight is 398 g/mol. The van der Waals surface area contributed by atoms with Crippen molar-refractivity contribution < 1.29 is 14.4 Å². The molecule has 0 spiro atoms. The Hall–Kier alpha value is -3.47. The van der Waals surface area contributed by atoms with Gasteiger partial charge in [-0.1, -0.05) is 48.5 Å². The number of ketones is 1. The zero-order valence-corrected chi connectivity index (χ0v) is 16.8. The van der Waals surface area contributed by atoms with E-state index < -0.39 is 17.5 Å². The second kappa shape index (κ2) is 6.80. The van der Waals surface area contributed by atoms with Crippen molar-refractivity contribution >= 4 is 28.5 Å². The molecule has 5 heteroatoms. The Balaban J connectivity index is 1.41. The highest BCUT2D eigenvalue weighted by molar-refractivity contribution is 6.11. The van der Waals surface area contributed by atoms with Gasteiger partial charge in [0.25, 0.3) is 5.91 Å². The van der Waals surface area contributed by atoms with E-state index in [-0.39, 0.29) is 12.3 Å². The fourth-order valence-electron chi connectivity index (χ4n) is 4.52. The highest BCUT2D eigenvalue weighted by Gasteiger charge is 2.49. The van der Waals surface area contributed by atoms with E-state index in [0.29, 0.717) is 11.1 Å². The van der Waals surface area contributed by atoms with E-state index in [9.17, 15) is 14.4 Å². The number of hydrogen-bond donors (Lipinski definition) is 1. The van der Waals surface area contributed by atoms with Gasteiger partial charge in [0.05, 0.1) is 6.54 Å². The fraction of sp³-hybridized carbons (Fsp3) is 0.240. The maximum absolute atomic E-state index is 13.2. The standard InChI is InChI=1S/C25H22N2O3/c1-25(21-12-11-16-5-2-3-6-19(16)14-21)23(29)27(24(30)26-25)15-22(28)20-10-9-17-7-4-8-18(17)13-20/h2-3,5-6,9-14H,4,7-8,15H2,1H3,(H,26,30). The lowest BCUT2D eigenvalue weighted by Gasteiger charge is -2.22. The van der Waals surface area contributed by atoms with Gasteiger partial charge in [-0.15, -0.1) is 0 Å². The molecule has 150 valence electrons. The van der Waals surface area contributed by atoms with Crippen LogP contribution in [-0.2, 0) is 23.2 Å². The Morgan fingerprint density at radius 3 is 2.57 bits per heavy atom. The Morgan fingerprint density at radius 2 is 1.73 bits per heavy atom. The van der Waals surface area contributed by atoms with Gasteiger partial charge in [0.1, 0.15) is 5.54 Å². The number of nitrogens with one attached hydrogen (secondary N) is 1. The van der Waals surface area contributed by atoms with Crippen LogP contribution in [0.5, 0.6) is 0 Å². The molecule has 1 saturated heterocycles. The van der Waals surface area contributed by atoms with E-state index in [1.165, 1.54) is 11.1 Å². The molecule has 1 atom stereocenters. The predicted octanol–water partition coefficient (Wildman–Crippen LogP) is 3.98. The van der Waals surface area contributed by atoms with Gasteiger partial charge in [-0.25, -0.2) is 4.79 Å². The van der Waals surface area contributed by atoms with Crippen LogP contribution in [-0.4, -0.2) is 29.2 Å². The number of hydrogen-bond acceptors (Lipinski definition) is 3. The number of imide groups is 1. The molecule has 1 aliphatic carbocycles. The number of carbonyl (C=O) groups excluding carboxylic acids is 3. The van der Waals surface area contributed by atoms with Crippen molar-refractivity contribution in [3.8, 4) is 0 Å². The first-order chi connectivity index (χ1) is 14.5. The Labute approximate surface area is 174 Å². The van der Waals surface area contributed by atoms with Crippen LogP contribution < -0.4 is 5.32 Å². The number of fused-ring (bicyclic) bond motifs is 2. The first-order valence-corrected chi connectivity index (χ1v) is 10.2. The zero-order valence-electron chi connectivity index (χ0n) is 16.8. The second-order valence-corrected chi connectivity index (χ2v) is 8.27. The van der Waals surface area contributed by atoms with Gasteiger partial charge in [0, 0.05) is 5.56 Å². The summed E-state index contributed by atoms with van der Waals surface area (Å²) >= 11 is 0. The summed E-state index contributed by atoms with van der Waals surface area (Å²) in [6.07, 6.45) is 3.12. The van der Waals surface area contributed by atoms with Gasteiger partial charge in [0.2, 0.25) is 0 Å². The molecule has 3 aromatic rings. The number of urea groups is 1. The summed E-state index contributed by atoms with van der Waals surface area (Å²) in [4.78, 5) is 39.7. The smallest absolute Gasteiger partial charge is 0.319 e. The second-order valence-electron chi connectivity index (χ2n) is 8.27. The minimum Gasteiger partial charge on any atom is -0.319 e. The molecule has 3 aromatic carbocycles. The van der Waals surface area contributed by atoms with Gasteiger partial charge in [0.15, 0.2) is 5.78 Å². The highest BCUT2D eigenvalue weighted by Crippen LogP contribution is 2.31. The maximum atomic E-state index is 13.2. The van der Waals surface area contributed by atoms with E-state index in [1.54, 1.807) is 13.0 Å². The maximum Gasteiger partial charge on any atom is 0.325 e. The van der Waals surface area contributed by atoms with Crippen molar-refractivity contribution in [2.24, 2.45) is 0 Å². The van der Waals surface area contributed by atoms with Crippen molar-refractivity contribution in [1.29, 1.82) is 0 Å². The third-order valence-electron chi connectivity index (χ3n) is 6.32. The molecule has 5 nitrogen and oxygen atoms in total. The molecule has 30 heavy (non-hydrogen) atoms. The molecule has 1 heterocycles. The van der Waals surface area contributed by atoms with Gasteiger partial charge in [-0.05, 0) is 65.8 Å². The normalized spacial score (nSPS) is 20.5. The number of aryl methyl sites for hydroxylation is 2. The summed E-state index contributed by atoms with van der Waals surface area (Å²) in [5, 5.41) is 4.85. The third-order valence-corrected chi connectivity index (χ3v) is 6.32. The van der Waals surface area contributed by atoms with Gasteiger partial charge in [-0.3, -0.25) is 14.5 Å². The minimum absolute atomic E-state index is 0.226. The molecular weight excluding hydrogens is 376 g/mol. The molecule has 1 N–H and O–H groups in total. The molecule has 3 amide bonds. The lowest BCUT2D eigenvalue weighted by atomic mass is 9.90. The number of Topliss-reactive ketones (excluding diaryl/α,β-unsaturated/α-hetero) is 1. The van der Waals surface area contributed by atoms with E-state index in [1.807, 2.05) is 54.6 Å². The molecule has 1 unspecified atom stereocenters. The molecule has 1 fully saturated rings. The highest BCUT2D eigenvalue weighted by atomic mass is 16.2. The topological polar surface area (TPSA) is 66.5 Å².